The van der Waals surface area contributed by atoms with Crippen molar-refractivity contribution >= 4 is 12.3 Å². The van der Waals surface area contributed by atoms with Crippen molar-refractivity contribution < 1.29 is 27.5 Å². The lowest BCUT2D eigenvalue weighted by Crippen LogP contribution is -2.50. The average molecular weight is 538 g/mol. The molecule has 0 aromatic heterocycles. The van der Waals surface area contributed by atoms with Gasteiger partial charge in [-0.25, -0.2) is 0 Å². The van der Waals surface area contributed by atoms with Gasteiger partial charge in [-0.15, -0.1) is 13.2 Å². The SMILES string of the molecule is CC(CCCC(=O)N1CCCC1)N(C)C1CC(OC(F)(F)F)C1.O=CN1C[C@H](c2ccccc2)CC12CC2. The molecule has 2 saturated heterocycles. The fourth-order valence-electron chi connectivity index (χ4n) is 6.20. The molecular weight excluding hydrogens is 495 g/mol. The predicted molar refractivity (Wildman–Crippen MR) is 139 cm³/mol. The second-order valence-electron chi connectivity index (χ2n) is 11.6. The summed E-state index contributed by atoms with van der Waals surface area (Å²) >= 11 is 0. The fraction of sp³-hybridized carbons (Fsp3) is 0.724. The minimum atomic E-state index is -4.53. The third-order valence-electron chi connectivity index (χ3n) is 8.99. The van der Waals surface area contributed by atoms with Crippen LogP contribution < -0.4 is 0 Å². The number of hydrogen-bond acceptors (Lipinski definition) is 4. The Kier molecular flexibility index (Phi) is 9.40. The summed E-state index contributed by atoms with van der Waals surface area (Å²) < 4.78 is 40.4. The molecule has 4 fully saturated rings. The molecule has 1 aromatic carbocycles. The predicted octanol–water partition coefficient (Wildman–Crippen LogP) is 5.33. The second kappa shape index (κ2) is 12.4. The Balaban J connectivity index is 0.000000192. The van der Waals surface area contributed by atoms with Crippen molar-refractivity contribution in [2.75, 3.05) is 26.7 Å². The van der Waals surface area contributed by atoms with E-state index in [0.717, 1.165) is 58.1 Å². The Morgan fingerprint density at radius 2 is 1.84 bits per heavy atom. The van der Waals surface area contributed by atoms with Gasteiger partial charge in [-0.2, -0.15) is 0 Å². The zero-order valence-electron chi connectivity index (χ0n) is 22.7. The van der Waals surface area contributed by atoms with Gasteiger partial charge in [-0.3, -0.25) is 14.3 Å². The molecule has 4 aliphatic rings. The standard InChI is InChI=1S/C16H27F3N2O2.C13H15NO/c1-12(6-5-7-15(22)21-8-3-4-9-21)20(2)13-10-14(11-13)23-16(17,18)19;15-10-14-9-12(8-13(14)6-7-13)11-4-2-1-3-5-11/h12-14H,3-11H2,1-2H3;1-5,10,12H,6-9H2/t;12-/m.1/s1. The number of likely N-dealkylation sites (tertiary alicyclic amines) is 2. The zero-order valence-corrected chi connectivity index (χ0v) is 22.7. The van der Waals surface area contributed by atoms with Crippen molar-refractivity contribution in [3.8, 4) is 0 Å². The number of carbonyl (C=O) groups is 2. The number of hydrogen-bond donors (Lipinski definition) is 0. The largest absolute Gasteiger partial charge is 0.522 e. The van der Waals surface area contributed by atoms with E-state index in [2.05, 4.69) is 40.8 Å². The van der Waals surface area contributed by atoms with Crippen molar-refractivity contribution in [1.29, 1.82) is 0 Å². The van der Waals surface area contributed by atoms with Crippen LogP contribution in [0.2, 0.25) is 0 Å². The summed E-state index contributed by atoms with van der Waals surface area (Å²) in [6.07, 6.45) is 4.72. The van der Waals surface area contributed by atoms with Gasteiger partial charge < -0.3 is 14.7 Å². The lowest BCUT2D eigenvalue weighted by atomic mass is 9.87. The Hall–Kier alpha value is -2.13. The molecule has 6 nitrogen and oxygen atoms in total. The van der Waals surface area contributed by atoms with Crippen LogP contribution in [0.1, 0.15) is 82.6 Å². The van der Waals surface area contributed by atoms with Crippen LogP contribution in [-0.4, -0.2) is 83.8 Å². The number of nitrogens with zero attached hydrogens (tertiary/aromatic N) is 3. The van der Waals surface area contributed by atoms with Gasteiger partial charge in [0.1, 0.15) is 0 Å². The van der Waals surface area contributed by atoms with Crippen molar-refractivity contribution in [2.24, 2.45) is 0 Å². The number of benzene rings is 1. The molecule has 1 spiro atoms. The molecule has 2 aliphatic carbocycles. The molecule has 1 unspecified atom stereocenters. The van der Waals surface area contributed by atoms with Gasteiger partial charge in [0.2, 0.25) is 12.3 Å². The first-order chi connectivity index (χ1) is 18.1. The maximum absolute atomic E-state index is 12.1. The quantitative estimate of drug-likeness (QED) is 0.400. The van der Waals surface area contributed by atoms with Gasteiger partial charge >= 0.3 is 6.36 Å². The first kappa shape index (κ1) is 28.9. The summed E-state index contributed by atoms with van der Waals surface area (Å²) in [7, 11) is 1.95. The minimum absolute atomic E-state index is 0.145. The maximum Gasteiger partial charge on any atom is 0.522 e. The maximum atomic E-state index is 12.1. The van der Waals surface area contributed by atoms with E-state index in [1.54, 1.807) is 0 Å². The van der Waals surface area contributed by atoms with Gasteiger partial charge in [-0.1, -0.05) is 30.3 Å². The number of halogens is 3. The summed E-state index contributed by atoms with van der Waals surface area (Å²) in [5, 5.41) is 0. The highest BCUT2D eigenvalue weighted by Crippen LogP contribution is 2.53. The van der Waals surface area contributed by atoms with E-state index in [0.29, 0.717) is 25.2 Å². The monoisotopic (exact) mass is 537 g/mol. The van der Waals surface area contributed by atoms with Crippen molar-refractivity contribution in [3.05, 3.63) is 35.9 Å². The summed E-state index contributed by atoms with van der Waals surface area (Å²) in [6.45, 7) is 4.75. The van der Waals surface area contributed by atoms with E-state index >= 15 is 0 Å². The highest BCUT2D eigenvalue weighted by Gasteiger charge is 2.53. The van der Waals surface area contributed by atoms with Crippen LogP contribution in [0, 0.1) is 0 Å². The Morgan fingerprint density at radius 1 is 1.18 bits per heavy atom. The van der Waals surface area contributed by atoms with E-state index in [9.17, 15) is 22.8 Å². The van der Waals surface area contributed by atoms with Gasteiger partial charge in [0, 0.05) is 49.6 Å². The lowest BCUT2D eigenvalue weighted by Gasteiger charge is -2.43. The van der Waals surface area contributed by atoms with Gasteiger partial charge in [0.25, 0.3) is 0 Å². The van der Waals surface area contributed by atoms with Crippen LogP contribution in [0.3, 0.4) is 0 Å². The van der Waals surface area contributed by atoms with E-state index < -0.39 is 12.5 Å². The van der Waals surface area contributed by atoms with Crippen LogP contribution in [0.15, 0.2) is 30.3 Å². The minimum Gasteiger partial charge on any atom is -0.343 e. The molecule has 0 radical (unpaired) electrons. The molecule has 5 rings (SSSR count). The van der Waals surface area contributed by atoms with Crippen LogP contribution in [0.4, 0.5) is 13.2 Å². The normalized spacial score (nSPS) is 26.6. The van der Waals surface area contributed by atoms with E-state index in [-0.39, 0.29) is 23.5 Å². The summed E-state index contributed by atoms with van der Waals surface area (Å²) in [6, 6.07) is 11.0. The number of amides is 2. The molecule has 2 aliphatic heterocycles. The van der Waals surface area contributed by atoms with E-state index in [1.165, 1.54) is 18.4 Å². The molecule has 0 bridgehead atoms. The van der Waals surface area contributed by atoms with Crippen LogP contribution in [-0.2, 0) is 14.3 Å². The lowest BCUT2D eigenvalue weighted by molar-refractivity contribution is -0.354. The molecule has 212 valence electrons. The number of alkyl halides is 3. The Bertz CT molecular complexity index is 913. The van der Waals surface area contributed by atoms with E-state index in [4.69, 9.17) is 0 Å². The van der Waals surface area contributed by atoms with Gasteiger partial charge in [0.05, 0.1) is 6.10 Å². The molecule has 2 atom stereocenters. The van der Waals surface area contributed by atoms with Crippen LogP contribution >= 0.6 is 0 Å². The smallest absolute Gasteiger partial charge is 0.343 e. The summed E-state index contributed by atoms with van der Waals surface area (Å²) in [5.41, 5.74) is 1.63. The molecule has 2 amide bonds. The first-order valence-corrected chi connectivity index (χ1v) is 14.1. The Labute approximate surface area is 224 Å². The third kappa shape index (κ3) is 7.50. The third-order valence-corrected chi connectivity index (χ3v) is 8.99. The topological polar surface area (TPSA) is 53.1 Å². The van der Waals surface area contributed by atoms with E-state index in [1.807, 2.05) is 22.9 Å². The van der Waals surface area contributed by atoms with Crippen LogP contribution in [0.5, 0.6) is 0 Å². The Morgan fingerprint density at radius 3 is 2.39 bits per heavy atom. The molecule has 0 N–H and O–H groups in total. The molecule has 1 aromatic rings. The highest BCUT2D eigenvalue weighted by molar-refractivity contribution is 5.76. The zero-order chi connectivity index (χ0) is 27.3. The molecule has 9 heteroatoms. The van der Waals surface area contributed by atoms with Gasteiger partial charge in [0.15, 0.2) is 0 Å². The van der Waals surface area contributed by atoms with Crippen LogP contribution in [0.25, 0.3) is 0 Å². The number of rotatable bonds is 9. The number of ether oxygens (including phenoxy) is 1. The molecule has 2 heterocycles. The molecular formula is C29H42F3N3O3. The fourth-order valence-corrected chi connectivity index (χ4v) is 6.20. The second-order valence-corrected chi connectivity index (χ2v) is 11.6. The number of carbonyl (C=O) groups excluding carboxylic acids is 2. The van der Waals surface area contributed by atoms with Crippen molar-refractivity contribution in [3.63, 3.8) is 0 Å². The van der Waals surface area contributed by atoms with Crippen molar-refractivity contribution in [2.45, 2.75) is 107 Å². The first-order valence-electron chi connectivity index (χ1n) is 14.1. The molecule has 38 heavy (non-hydrogen) atoms. The summed E-state index contributed by atoms with van der Waals surface area (Å²) in [4.78, 5) is 29.0. The molecule has 2 saturated carbocycles. The van der Waals surface area contributed by atoms with Crippen molar-refractivity contribution in [1.82, 2.24) is 14.7 Å². The average Bonchev–Trinajstić information content (AvgIpc) is 3.27. The summed E-state index contributed by atoms with van der Waals surface area (Å²) in [5.74, 6) is 0.790. The van der Waals surface area contributed by atoms with Gasteiger partial charge in [-0.05, 0) is 77.3 Å². The highest BCUT2D eigenvalue weighted by atomic mass is 19.4.